The lowest BCUT2D eigenvalue weighted by Gasteiger charge is -2.34. The van der Waals surface area contributed by atoms with Crippen molar-refractivity contribution in [3.8, 4) is 0 Å². The van der Waals surface area contributed by atoms with Gasteiger partial charge in [-0.1, -0.05) is 6.92 Å². The van der Waals surface area contributed by atoms with Crippen molar-refractivity contribution >= 4 is 17.8 Å². The summed E-state index contributed by atoms with van der Waals surface area (Å²) >= 11 is 0. The van der Waals surface area contributed by atoms with Crippen LogP contribution in [-0.2, 0) is 14.3 Å². The number of esters is 1. The van der Waals surface area contributed by atoms with Gasteiger partial charge in [0.2, 0.25) is 0 Å². The fraction of sp³-hybridized carbons (Fsp3) is 0.579. The van der Waals surface area contributed by atoms with E-state index in [9.17, 15) is 14.4 Å². The topological polar surface area (TPSA) is 88.6 Å². The lowest BCUT2D eigenvalue weighted by Crippen LogP contribution is -2.50. The molecule has 1 fully saturated rings. The first-order valence-corrected chi connectivity index (χ1v) is 9.02. The third-order valence-corrected chi connectivity index (χ3v) is 4.65. The monoisotopic (exact) mass is 361 g/mol. The standard InChI is InChI=1S/C19H27N3O4/c1-4-19(2,3)21-16(23)13-26-18(25)15-9-5-6-11-22(15)17(24)14-8-7-10-20-12-14/h7-8,10,12,15H,4-6,9,11,13H2,1-3H3,(H,21,23)/t15-/m0/s1. The normalized spacial score (nSPS) is 17.5. The Kier molecular flexibility index (Phi) is 6.71. The van der Waals surface area contributed by atoms with Gasteiger partial charge in [0, 0.05) is 24.5 Å². The molecule has 0 unspecified atom stereocenters. The van der Waals surface area contributed by atoms with E-state index < -0.39 is 12.0 Å². The summed E-state index contributed by atoms with van der Waals surface area (Å²) < 4.78 is 5.19. The lowest BCUT2D eigenvalue weighted by atomic mass is 10.0. The van der Waals surface area contributed by atoms with Crippen LogP contribution in [-0.4, -0.2) is 52.4 Å². The maximum atomic E-state index is 12.7. The van der Waals surface area contributed by atoms with Crippen molar-refractivity contribution in [3.05, 3.63) is 30.1 Å². The number of nitrogens with zero attached hydrogens (tertiary/aromatic N) is 2. The summed E-state index contributed by atoms with van der Waals surface area (Å²) in [5.74, 6) is -1.12. The van der Waals surface area contributed by atoms with Crippen molar-refractivity contribution in [2.24, 2.45) is 0 Å². The van der Waals surface area contributed by atoms with Gasteiger partial charge < -0.3 is 15.0 Å². The number of hydrogen-bond donors (Lipinski definition) is 1. The number of nitrogens with one attached hydrogen (secondary N) is 1. The van der Waals surface area contributed by atoms with Gasteiger partial charge in [-0.25, -0.2) is 4.79 Å². The third-order valence-electron chi connectivity index (χ3n) is 4.65. The summed E-state index contributed by atoms with van der Waals surface area (Å²) in [6.45, 7) is 5.93. The van der Waals surface area contributed by atoms with Crippen LogP contribution >= 0.6 is 0 Å². The fourth-order valence-electron chi connectivity index (χ4n) is 2.81. The molecule has 2 rings (SSSR count). The molecular formula is C19H27N3O4. The first-order valence-electron chi connectivity index (χ1n) is 9.02. The Hall–Kier alpha value is -2.44. The average Bonchev–Trinajstić information content (AvgIpc) is 2.66. The van der Waals surface area contributed by atoms with Gasteiger partial charge in [0.15, 0.2) is 6.61 Å². The van der Waals surface area contributed by atoms with Crippen LogP contribution in [0.2, 0.25) is 0 Å². The molecule has 26 heavy (non-hydrogen) atoms. The van der Waals surface area contributed by atoms with E-state index in [2.05, 4.69) is 10.3 Å². The van der Waals surface area contributed by atoms with Gasteiger partial charge in [0.05, 0.1) is 5.56 Å². The Balaban J connectivity index is 1.97. The smallest absolute Gasteiger partial charge is 0.329 e. The molecule has 1 aromatic rings. The predicted molar refractivity (Wildman–Crippen MR) is 96.4 cm³/mol. The molecule has 1 atom stereocenters. The van der Waals surface area contributed by atoms with Gasteiger partial charge in [-0.05, 0) is 51.7 Å². The Morgan fingerprint density at radius 2 is 2.12 bits per heavy atom. The zero-order chi connectivity index (χ0) is 19.2. The highest BCUT2D eigenvalue weighted by molar-refractivity contribution is 5.96. The molecule has 2 heterocycles. The van der Waals surface area contributed by atoms with Crippen molar-refractivity contribution in [1.29, 1.82) is 0 Å². The molecule has 0 aliphatic carbocycles. The molecule has 0 saturated carbocycles. The number of carbonyl (C=O) groups excluding carboxylic acids is 3. The number of amides is 2. The van der Waals surface area contributed by atoms with Crippen LogP contribution in [0.4, 0.5) is 0 Å². The minimum atomic E-state index is -0.663. The van der Waals surface area contributed by atoms with Gasteiger partial charge in [-0.2, -0.15) is 0 Å². The Labute approximate surface area is 154 Å². The number of rotatable bonds is 6. The molecule has 1 aromatic heterocycles. The highest BCUT2D eigenvalue weighted by Gasteiger charge is 2.34. The largest absolute Gasteiger partial charge is 0.454 e. The van der Waals surface area contributed by atoms with Gasteiger partial charge >= 0.3 is 5.97 Å². The molecule has 7 heteroatoms. The zero-order valence-electron chi connectivity index (χ0n) is 15.7. The minimum Gasteiger partial charge on any atom is -0.454 e. The van der Waals surface area contributed by atoms with Crippen LogP contribution in [0.1, 0.15) is 56.8 Å². The highest BCUT2D eigenvalue weighted by Crippen LogP contribution is 2.20. The van der Waals surface area contributed by atoms with Gasteiger partial charge in [-0.3, -0.25) is 14.6 Å². The van der Waals surface area contributed by atoms with Crippen LogP contribution in [0.15, 0.2) is 24.5 Å². The number of ether oxygens (including phenoxy) is 1. The van der Waals surface area contributed by atoms with Crippen molar-refractivity contribution in [3.63, 3.8) is 0 Å². The van der Waals surface area contributed by atoms with E-state index in [0.717, 1.165) is 19.3 Å². The number of carbonyl (C=O) groups is 3. The zero-order valence-corrected chi connectivity index (χ0v) is 15.7. The van der Waals surface area contributed by atoms with E-state index in [0.29, 0.717) is 18.5 Å². The molecule has 0 radical (unpaired) electrons. The first kappa shape index (κ1) is 19.9. The van der Waals surface area contributed by atoms with Crippen LogP contribution in [0.5, 0.6) is 0 Å². The van der Waals surface area contributed by atoms with Crippen LogP contribution in [0.25, 0.3) is 0 Å². The van der Waals surface area contributed by atoms with Gasteiger partial charge in [0.25, 0.3) is 11.8 Å². The Bertz CT molecular complexity index is 645. The number of pyridine rings is 1. The van der Waals surface area contributed by atoms with Crippen molar-refractivity contribution in [2.75, 3.05) is 13.2 Å². The summed E-state index contributed by atoms with van der Waals surface area (Å²) in [5, 5.41) is 2.82. The molecule has 0 aromatic carbocycles. The minimum absolute atomic E-state index is 0.240. The molecule has 1 aliphatic rings. The van der Waals surface area contributed by atoms with Crippen molar-refractivity contribution in [1.82, 2.24) is 15.2 Å². The van der Waals surface area contributed by atoms with E-state index in [-0.39, 0.29) is 24.0 Å². The van der Waals surface area contributed by atoms with E-state index in [1.165, 1.54) is 11.1 Å². The van der Waals surface area contributed by atoms with E-state index in [4.69, 9.17) is 4.74 Å². The molecule has 0 bridgehead atoms. The SMILES string of the molecule is CCC(C)(C)NC(=O)COC(=O)[C@@H]1CCCCN1C(=O)c1cccnc1. The van der Waals surface area contributed by atoms with E-state index in [1.54, 1.807) is 18.3 Å². The molecule has 7 nitrogen and oxygen atoms in total. The molecule has 0 spiro atoms. The molecule has 142 valence electrons. The highest BCUT2D eigenvalue weighted by atomic mass is 16.5. The Morgan fingerprint density at radius 3 is 2.77 bits per heavy atom. The number of likely N-dealkylation sites (tertiary alicyclic amines) is 1. The average molecular weight is 361 g/mol. The first-order chi connectivity index (χ1) is 12.3. The van der Waals surface area contributed by atoms with Crippen LogP contribution in [0.3, 0.4) is 0 Å². The van der Waals surface area contributed by atoms with Crippen LogP contribution in [0, 0.1) is 0 Å². The van der Waals surface area contributed by atoms with Gasteiger partial charge in [0.1, 0.15) is 6.04 Å². The summed E-state index contributed by atoms with van der Waals surface area (Å²) in [4.78, 5) is 42.6. The number of aromatic nitrogens is 1. The predicted octanol–water partition coefficient (Wildman–Crippen LogP) is 1.92. The van der Waals surface area contributed by atoms with Gasteiger partial charge in [-0.15, -0.1) is 0 Å². The number of hydrogen-bond acceptors (Lipinski definition) is 5. The fourth-order valence-corrected chi connectivity index (χ4v) is 2.81. The quantitative estimate of drug-likeness (QED) is 0.782. The second-order valence-electron chi connectivity index (χ2n) is 7.15. The molecule has 1 saturated heterocycles. The maximum Gasteiger partial charge on any atom is 0.329 e. The molecule has 2 amide bonds. The number of piperidine rings is 1. The maximum absolute atomic E-state index is 12.7. The van der Waals surface area contributed by atoms with E-state index >= 15 is 0 Å². The van der Waals surface area contributed by atoms with E-state index in [1.807, 2.05) is 20.8 Å². The third kappa shape index (κ3) is 5.28. The molecule has 1 aliphatic heterocycles. The summed E-state index contributed by atoms with van der Waals surface area (Å²) in [7, 11) is 0. The second kappa shape index (κ2) is 8.78. The Morgan fingerprint density at radius 1 is 1.35 bits per heavy atom. The lowest BCUT2D eigenvalue weighted by molar-refractivity contribution is -0.154. The summed E-state index contributed by atoms with van der Waals surface area (Å²) in [5.41, 5.74) is 0.0889. The molecule has 1 N–H and O–H groups in total. The van der Waals surface area contributed by atoms with Crippen molar-refractivity contribution in [2.45, 2.75) is 58.0 Å². The van der Waals surface area contributed by atoms with Crippen molar-refractivity contribution < 1.29 is 19.1 Å². The second-order valence-corrected chi connectivity index (χ2v) is 7.15. The summed E-state index contributed by atoms with van der Waals surface area (Å²) in [6.07, 6.45) is 6.05. The van der Waals surface area contributed by atoms with Crippen LogP contribution < -0.4 is 5.32 Å². The molecular weight excluding hydrogens is 334 g/mol. The summed E-state index contributed by atoms with van der Waals surface area (Å²) in [6, 6.07) is 2.69.